The Hall–Kier alpha value is -13.4. The molecule has 4 amide bonds. The van der Waals surface area contributed by atoms with Gasteiger partial charge in [-0.05, 0) is 299 Å². The van der Waals surface area contributed by atoms with Crippen LogP contribution in [0.2, 0.25) is 5.28 Å². The lowest BCUT2D eigenvalue weighted by atomic mass is 9.75. The molecule has 0 atom stereocenters. The number of benzene rings is 2. The lowest BCUT2D eigenvalue weighted by Gasteiger charge is -2.34. The number of nitrogens with one attached hydrogen (secondary N) is 1. The minimum Gasteiger partial charge on any atom is -0.486 e. The summed E-state index contributed by atoms with van der Waals surface area (Å²) in [6, 6.07) is 28.1. The van der Waals surface area contributed by atoms with Gasteiger partial charge in [-0.3, -0.25) is 0 Å². The van der Waals surface area contributed by atoms with Crippen LogP contribution in [0.15, 0.2) is 107 Å². The Balaban J connectivity index is 0.000000182. The Labute approximate surface area is 834 Å². The summed E-state index contributed by atoms with van der Waals surface area (Å²) < 4.78 is 104. The molecule has 3 saturated heterocycles. The number of fused-ring (bicyclic) bond motifs is 2. The first-order valence-electron chi connectivity index (χ1n) is 46.3. The number of halogens is 6. The van der Waals surface area contributed by atoms with E-state index in [2.05, 4.69) is 79.3 Å². The van der Waals surface area contributed by atoms with E-state index in [0.29, 0.717) is 160 Å². The largest absolute Gasteiger partial charge is 0.490 e. The SMILES string of the molecule is CC(C)(C)OC(=O)N1CC=C(B2OC(C)(C)C(C)(C)O2)CC1.CC(C)(C)OC(=O)N1CC=C(c2ccc(N)nc2C#N)CC1.CC(C)(C)OC(=O)N1CCC(c2ccc(N)nc2C#N)CC1.CC(C)N1CCOc2c(F)cc(-c3nc(Cl)ncc3F)cc21.CC(C)N1CCOc2c(F)cc(-c3nc(Nc4ccc(C5CCN(C(=O)OC(C)(C)C)CC5)c(C#N)n4)ncc3F)cc21.N#Cc1nc(N)ccc1Br. The van der Waals surface area contributed by atoms with Crippen LogP contribution in [-0.4, -0.2) is 215 Å². The van der Waals surface area contributed by atoms with Gasteiger partial charge in [-0.2, -0.15) is 21.0 Å². The number of amides is 4. The number of pyridine rings is 4. The quantitative estimate of drug-likeness (QED) is 0.0427. The number of rotatable bonds is 10. The fourth-order valence-corrected chi connectivity index (χ4v) is 16.1. The van der Waals surface area contributed by atoms with Crippen LogP contribution in [0.1, 0.15) is 228 Å². The van der Waals surface area contributed by atoms with Gasteiger partial charge in [-0.1, -0.05) is 24.3 Å². The van der Waals surface area contributed by atoms with E-state index < -0.39 is 45.7 Å². The van der Waals surface area contributed by atoms with Gasteiger partial charge in [0.1, 0.15) is 112 Å². The Bertz CT molecular complexity index is 6090. The second kappa shape index (κ2) is 46.8. The van der Waals surface area contributed by atoms with E-state index in [1.165, 1.54) is 12.1 Å². The molecular weight excluding hydrogens is 1900 g/mol. The number of hydrogen-bond acceptors (Lipinski definition) is 30. The summed E-state index contributed by atoms with van der Waals surface area (Å²) >= 11 is 8.86. The molecule has 0 spiro atoms. The van der Waals surface area contributed by atoms with Crippen molar-refractivity contribution in [1.29, 1.82) is 21.0 Å². The molecule has 141 heavy (non-hydrogen) atoms. The zero-order valence-corrected chi connectivity index (χ0v) is 85.6. The van der Waals surface area contributed by atoms with Gasteiger partial charge in [0.2, 0.25) is 11.2 Å². The highest BCUT2D eigenvalue weighted by atomic mass is 79.9. The minimum absolute atomic E-state index is 0.0315. The first kappa shape index (κ1) is 110. The van der Waals surface area contributed by atoms with Crippen molar-refractivity contribution in [2.24, 2.45) is 0 Å². The van der Waals surface area contributed by atoms with E-state index in [1.807, 2.05) is 179 Å². The lowest BCUT2D eigenvalue weighted by Crippen LogP contribution is -2.41. The molecule has 0 saturated carbocycles. The second-order valence-corrected chi connectivity index (χ2v) is 40.8. The Morgan fingerprint density at radius 1 is 0.496 bits per heavy atom. The molecule has 15 rings (SSSR count). The molecule has 7 N–H and O–H groups in total. The highest BCUT2D eigenvalue weighted by Gasteiger charge is 2.53. The Morgan fingerprint density at radius 2 is 0.894 bits per heavy atom. The third-order valence-electron chi connectivity index (χ3n) is 23.2. The molecule has 6 aromatic heterocycles. The van der Waals surface area contributed by atoms with E-state index in [-0.39, 0.29) is 112 Å². The molecule has 0 aliphatic carbocycles. The second-order valence-electron chi connectivity index (χ2n) is 39.6. The van der Waals surface area contributed by atoms with E-state index >= 15 is 4.39 Å². The van der Waals surface area contributed by atoms with Crippen LogP contribution in [-0.2, 0) is 28.3 Å². The van der Waals surface area contributed by atoms with E-state index in [0.717, 1.165) is 59.4 Å². The van der Waals surface area contributed by atoms with E-state index in [9.17, 15) is 42.9 Å². The van der Waals surface area contributed by atoms with Crippen molar-refractivity contribution >= 4 is 105 Å². The highest BCUT2D eigenvalue weighted by Crippen LogP contribution is 2.44. The van der Waals surface area contributed by atoms with Crippen LogP contribution < -0.4 is 41.8 Å². The molecule has 0 radical (unpaired) electrons. The van der Waals surface area contributed by atoms with Crippen molar-refractivity contribution in [3.8, 4) is 58.3 Å². The molecule has 8 aromatic rings. The van der Waals surface area contributed by atoms with Crippen molar-refractivity contribution in [1.82, 2.24) is 59.5 Å². The van der Waals surface area contributed by atoms with Gasteiger partial charge >= 0.3 is 31.5 Å². The third-order valence-corrected chi connectivity index (χ3v) is 24.1. The van der Waals surface area contributed by atoms with E-state index in [1.54, 1.807) is 68.1 Å². The van der Waals surface area contributed by atoms with Crippen molar-refractivity contribution in [2.45, 2.75) is 235 Å². The number of piperidine rings is 2. The molecule has 0 bridgehead atoms. The summed E-state index contributed by atoms with van der Waals surface area (Å²) in [7, 11) is -0.314. The van der Waals surface area contributed by atoms with Gasteiger partial charge in [-0.25, -0.2) is 76.6 Å². The van der Waals surface area contributed by atoms with Gasteiger partial charge in [0, 0.05) is 81.1 Å². The summed E-state index contributed by atoms with van der Waals surface area (Å²) in [5.74, 6) is -0.527. The summed E-state index contributed by atoms with van der Waals surface area (Å²) in [5, 5.41) is 39.5. The molecule has 2 aromatic carbocycles. The number of nitrogens with two attached hydrogens (primary N) is 3. The number of ether oxygens (including phenoxy) is 6. The zero-order valence-electron chi connectivity index (χ0n) is 83.3. The fourth-order valence-electron chi connectivity index (χ4n) is 15.6. The fraction of sp³-hybridized carbons (Fsp3) is 0.480. The zero-order chi connectivity index (χ0) is 104. The number of hydrogen-bond donors (Lipinski definition) is 4. The number of nitriles is 4. The smallest absolute Gasteiger partial charge is 0.486 e. The number of nitrogen functional groups attached to an aromatic ring is 3. The molecule has 34 nitrogen and oxygen atoms in total. The summed E-state index contributed by atoms with van der Waals surface area (Å²) in [5.41, 5.74) is 21.3. The Morgan fingerprint density at radius 3 is 1.31 bits per heavy atom. The molecule has 7 aliphatic rings. The topological polar surface area (TPSA) is 450 Å². The molecule has 13 heterocycles. The first-order valence-corrected chi connectivity index (χ1v) is 47.5. The van der Waals surface area contributed by atoms with Crippen LogP contribution in [0.4, 0.5) is 77.3 Å². The number of nitrogens with zero attached hydrogens (tertiary/aromatic N) is 18. The van der Waals surface area contributed by atoms with Gasteiger partial charge < -0.3 is 89.6 Å². The van der Waals surface area contributed by atoms with Gasteiger partial charge in [0.25, 0.3) is 0 Å². The van der Waals surface area contributed by atoms with Crippen molar-refractivity contribution in [3.63, 3.8) is 0 Å². The molecule has 7 aliphatic heterocycles. The number of aromatic nitrogens is 8. The van der Waals surface area contributed by atoms with Crippen molar-refractivity contribution in [2.75, 3.05) is 111 Å². The maximum atomic E-state index is 15.0. The van der Waals surface area contributed by atoms with Gasteiger partial charge in [0.15, 0.2) is 40.5 Å². The average molecular weight is 2030 g/mol. The number of carbonyl (C=O) groups excluding carboxylic acids is 4. The van der Waals surface area contributed by atoms with Crippen LogP contribution in [0.3, 0.4) is 0 Å². The van der Waals surface area contributed by atoms with Crippen molar-refractivity contribution in [3.05, 3.63) is 175 Å². The van der Waals surface area contributed by atoms with Crippen molar-refractivity contribution < 1.29 is 74.5 Å². The minimum atomic E-state index is -0.712. The molecule has 3 fully saturated rings. The molecule has 750 valence electrons. The maximum absolute atomic E-state index is 15.0. The number of likely N-dealkylation sites (tertiary alicyclic amines) is 2. The normalized spacial score (nSPS) is 16.2. The molecular formula is C100H123BBrClF4N22O12. The Kier molecular flexibility index (Phi) is 36.4. The molecule has 0 unspecified atom stereocenters. The van der Waals surface area contributed by atoms with Crippen LogP contribution >= 0.6 is 27.5 Å². The third kappa shape index (κ3) is 30.1. The standard InChI is InChI=1S/C31H35F2N7O3.C16H28BNO4.C16H22N4O2.C16H20N4O2.C15H14ClF2N3O.C6H4BrN3/c1-18(2)40-12-13-42-28-22(32)14-20(15-25(28)40)27-23(33)17-35-29(38-27)37-26-7-6-21(24(16-34)36-26)19-8-10-39(11-9-19)30(41)43-31(3,4)5;1-14(2,3)20-13(19)18-10-8-12(9-11-18)17-21-15(4,5)16(6,7)22-17;2*1-16(2,3)22-15(21)20-8-6-11(7-9-20)12-4-5-14(18)19-13(12)10-17;1-8(2)21-3-4-22-14-10(17)5-9(6-12(14)21)13-11(18)7-19-15(16)20-13;7-4-1-2-6(9)10-5(4)3-8/h6-7,14-15,17-19H,8-13H2,1-5H3,(H,35,36,37,38);8H,9-11H2,1-7H3;4-5,11H,6-9H2,1-3H3,(H2,18,19);4-6H,7-9H2,1-3H3,(H2,18,19);5-8H,3-4H2,1-2H3;1-2H,(H2,9,10). The molecule has 41 heteroatoms. The predicted octanol–water partition coefficient (Wildman–Crippen LogP) is 19.5. The van der Waals surface area contributed by atoms with Gasteiger partial charge in [0.05, 0.1) is 52.5 Å². The monoisotopic (exact) mass is 2020 g/mol. The van der Waals surface area contributed by atoms with Crippen LogP contribution in [0, 0.1) is 68.6 Å². The van der Waals surface area contributed by atoms with Gasteiger partial charge in [-0.15, -0.1) is 0 Å². The summed E-state index contributed by atoms with van der Waals surface area (Å²) in [6.45, 7) is 44.8. The van der Waals surface area contributed by atoms with Crippen LogP contribution in [0.5, 0.6) is 11.5 Å². The predicted molar refractivity (Wildman–Crippen MR) is 532 cm³/mol. The number of carbonyl (C=O) groups is 4. The first-order chi connectivity index (χ1) is 66.1. The lowest BCUT2D eigenvalue weighted by molar-refractivity contribution is 0.00578. The van der Waals surface area contributed by atoms with Crippen LogP contribution in [0.25, 0.3) is 28.1 Å². The highest BCUT2D eigenvalue weighted by molar-refractivity contribution is 9.10. The summed E-state index contributed by atoms with van der Waals surface area (Å²) in [6.07, 6.45) is 9.05. The average Bonchev–Trinajstić information content (AvgIpc) is 1.56. The number of anilines is 7. The summed E-state index contributed by atoms with van der Waals surface area (Å²) in [4.78, 5) is 91.4. The maximum Gasteiger partial charge on any atom is 0.490 e. The van der Waals surface area contributed by atoms with E-state index in [4.69, 9.17) is 77.1 Å².